The van der Waals surface area contributed by atoms with Crippen LogP contribution in [0.2, 0.25) is 0 Å². The fraction of sp³-hybridized carbons (Fsp3) is 0.353. The first-order valence-electron chi connectivity index (χ1n) is 7.07. The van der Waals surface area contributed by atoms with E-state index >= 15 is 0 Å². The number of hydrogen-bond acceptors (Lipinski definition) is 2. The monoisotopic (exact) mass is 305 g/mol. The van der Waals surface area contributed by atoms with Gasteiger partial charge >= 0.3 is 0 Å². The van der Waals surface area contributed by atoms with Crippen LogP contribution in [0.1, 0.15) is 31.9 Å². The molecule has 0 amide bonds. The van der Waals surface area contributed by atoms with Crippen LogP contribution < -0.4 is 10.3 Å². The molecule has 1 atom stereocenters. The van der Waals surface area contributed by atoms with E-state index in [0.717, 1.165) is 23.4 Å². The van der Waals surface area contributed by atoms with Crippen LogP contribution in [0.4, 0.5) is 0 Å². The van der Waals surface area contributed by atoms with Gasteiger partial charge in [-0.15, -0.1) is 11.6 Å². The van der Waals surface area contributed by atoms with Gasteiger partial charge in [0.25, 0.3) is 5.56 Å². The number of rotatable bonds is 5. The second kappa shape index (κ2) is 6.81. The number of alkyl halides is 1. The Hall–Kier alpha value is -1.74. The molecule has 4 heteroatoms. The molecule has 1 heterocycles. The highest BCUT2D eigenvalue weighted by molar-refractivity contribution is 6.17. The molecule has 112 valence electrons. The van der Waals surface area contributed by atoms with Gasteiger partial charge in [0.15, 0.2) is 0 Å². The number of halogens is 1. The van der Waals surface area contributed by atoms with Gasteiger partial charge in [0.1, 0.15) is 5.75 Å². The van der Waals surface area contributed by atoms with Crippen LogP contribution in [-0.4, -0.2) is 11.7 Å². The maximum atomic E-state index is 12.6. The predicted molar refractivity (Wildman–Crippen MR) is 87.2 cm³/mol. The first kappa shape index (κ1) is 15.6. The number of para-hydroxylation sites is 1. The number of ether oxygens (including phenoxy) is 1. The third-order valence-electron chi connectivity index (χ3n) is 3.75. The molecule has 0 fully saturated rings. The maximum Gasteiger partial charge on any atom is 0.255 e. The van der Waals surface area contributed by atoms with Gasteiger partial charge < -0.3 is 9.30 Å². The van der Waals surface area contributed by atoms with Gasteiger partial charge in [-0.25, -0.2) is 0 Å². The number of pyridine rings is 1. The van der Waals surface area contributed by atoms with Crippen molar-refractivity contribution in [3.05, 3.63) is 52.3 Å². The third-order valence-corrected chi connectivity index (χ3v) is 4.04. The average molecular weight is 306 g/mol. The summed E-state index contributed by atoms with van der Waals surface area (Å²) in [5.74, 6) is 0.981. The minimum atomic E-state index is -0.0252. The van der Waals surface area contributed by atoms with E-state index in [9.17, 15) is 4.79 Å². The number of methoxy groups -OCH3 is 1. The van der Waals surface area contributed by atoms with Crippen molar-refractivity contribution in [2.45, 2.75) is 32.2 Å². The van der Waals surface area contributed by atoms with E-state index in [2.05, 4.69) is 6.92 Å². The summed E-state index contributed by atoms with van der Waals surface area (Å²) in [4.78, 5) is 12.6. The fourth-order valence-corrected chi connectivity index (χ4v) is 2.60. The summed E-state index contributed by atoms with van der Waals surface area (Å²) in [6, 6.07) is 11.6. The summed E-state index contributed by atoms with van der Waals surface area (Å²) >= 11 is 5.87. The summed E-state index contributed by atoms with van der Waals surface area (Å²) in [6.45, 7) is 4.11. The highest BCUT2D eigenvalue weighted by Crippen LogP contribution is 2.31. The molecule has 0 aliphatic heterocycles. The van der Waals surface area contributed by atoms with Crippen LogP contribution in [0, 0.1) is 0 Å². The Morgan fingerprint density at radius 3 is 2.57 bits per heavy atom. The zero-order valence-electron chi connectivity index (χ0n) is 12.6. The zero-order chi connectivity index (χ0) is 15.4. The van der Waals surface area contributed by atoms with Crippen molar-refractivity contribution in [1.82, 2.24) is 4.57 Å². The molecule has 21 heavy (non-hydrogen) atoms. The lowest BCUT2D eigenvalue weighted by molar-refractivity contribution is 0.415. The Morgan fingerprint density at radius 1 is 1.24 bits per heavy atom. The normalized spacial score (nSPS) is 12.2. The molecule has 0 aliphatic rings. The number of benzene rings is 1. The molecule has 0 saturated heterocycles. The molecule has 0 aliphatic carbocycles. The first-order chi connectivity index (χ1) is 10.1. The fourth-order valence-electron chi connectivity index (χ4n) is 2.39. The second-order valence-corrected chi connectivity index (χ2v) is 5.28. The van der Waals surface area contributed by atoms with Crippen LogP contribution >= 0.6 is 11.6 Å². The van der Waals surface area contributed by atoms with Crippen molar-refractivity contribution in [1.29, 1.82) is 0 Å². The SMILES string of the molecule is CCC(C)n1c(-c2ccccc2OC)ccc(CCl)c1=O. The summed E-state index contributed by atoms with van der Waals surface area (Å²) in [7, 11) is 1.64. The Balaban J connectivity index is 2.74. The number of nitrogens with zero attached hydrogens (tertiary/aromatic N) is 1. The van der Waals surface area contributed by atoms with Crippen LogP contribution in [0.25, 0.3) is 11.3 Å². The van der Waals surface area contributed by atoms with Gasteiger partial charge in [0.2, 0.25) is 0 Å². The number of hydrogen-bond donors (Lipinski definition) is 0. The Morgan fingerprint density at radius 2 is 1.95 bits per heavy atom. The van der Waals surface area contributed by atoms with Gasteiger partial charge in [0.05, 0.1) is 18.7 Å². The smallest absolute Gasteiger partial charge is 0.255 e. The highest BCUT2D eigenvalue weighted by atomic mass is 35.5. The van der Waals surface area contributed by atoms with E-state index in [4.69, 9.17) is 16.3 Å². The van der Waals surface area contributed by atoms with E-state index in [1.54, 1.807) is 13.2 Å². The molecule has 0 spiro atoms. The molecule has 0 saturated carbocycles. The molecule has 1 aromatic heterocycles. The Bertz CT molecular complexity index is 679. The van der Waals surface area contributed by atoms with Crippen molar-refractivity contribution in [2.24, 2.45) is 0 Å². The molecule has 0 N–H and O–H groups in total. The maximum absolute atomic E-state index is 12.6. The molecule has 3 nitrogen and oxygen atoms in total. The van der Waals surface area contributed by atoms with Crippen LogP contribution in [-0.2, 0) is 5.88 Å². The first-order valence-corrected chi connectivity index (χ1v) is 7.61. The summed E-state index contributed by atoms with van der Waals surface area (Å²) in [5, 5.41) is 0. The predicted octanol–water partition coefficient (Wildman–Crippen LogP) is 4.23. The molecule has 1 unspecified atom stereocenters. The van der Waals surface area contributed by atoms with E-state index in [-0.39, 0.29) is 17.5 Å². The minimum absolute atomic E-state index is 0.0252. The lowest BCUT2D eigenvalue weighted by atomic mass is 10.1. The van der Waals surface area contributed by atoms with Gasteiger partial charge in [-0.1, -0.05) is 25.1 Å². The lowest BCUT2D eigenvalue weighted by Gasteiger charge is -2.21. The van der Waals surface area contributed by atoms with Gasteiger partial charge in [-0.05, 0) is 31.5 Å². The van der Waals surface area contributed by atoms with E-state index in [0.29, 0.717) is 5.56 Å². The van der Waals surface area contributed by atoms with Gasteiger partial charge in [-0.2, -0.15) is 0 Å². The lowest BCUT2D eigenvalue weighted by Crippen LogP contribution is -2.27. The molecule has 0 radical (unpaired) electrons. The van der Waals surface area contributed by atoms with Crippen molar-refractivity contribution < 1.29 is 4.74 Å². The molecule has 0 bridgehead atoms. The minimum Gasteiger partial charge on any atom is -0.496 e. The molecule has 1 aromatic carbocycles. The van der Waals surface area contributed by atoms with Crippen LogP contribution in [0.15, 0.2) is 41.2 Å². The zero-order valence-corrected chi connectivity index (χ0v) is 13.4. The third kappa shape index (κ3) is 2.98. The van der Waals surface area contributed by atoms with E-state index in [1.807, 2.05) is 41.8 Å². The summed E-state index contributed by atoms with van der Waals surface area (Å²) in [5.41, 5.74) is 2.37. The van der Waals surface area contributed by atoms with Crippen molar-refractivity contribution >= 4 is 11.6 Å². The van der Waals surface area contributed by atoms with Crippen LogP contribution in [0.3, 0.4) is 0 Å². The molecular weight excluding hydrogens is 286 g/mol. The van der Waals surface area contributed by atoms with Crippen molar-refractivity contribution in [3.63, 3.8) is 0 Å². The molecule has 2 aromatic rings. The average Bonchev–Trinajstić information content (AvgIpc) is 2.53. The highest BCUT2D eigenvalue weighted by Gasteiger charge is 2.16. The summed E-state index contributed by atoms with van der Waals surface area (Å²) < 4.78 is 7.24. The van der Waals surface area contributed by atoms with Gasteiger partial charge in [-0.3, -0.25) is 4.79 Å². The Labute approximate surface area is 130 Å². The van der Waals surface area contributed by atoms with E-state index in [1.165, 1.54) is 0 Å². The Kier molecular flexibility index (Phi) is 5.07. The molecular formula is C17H20ClNO2. The number of aromatic nitrogens is 1. The topological polar surface area (TPSA) is 31.2 Å². The summed E-state index contributed by atoms with van der Waals surface area (Å²) in [6.07, 6.45) is 0.869. The molecule has 2 rings (SSSR count). The van der Waals surface area contributed by atoms with Gasteiger partial charge in [0, 0.05) is 17.2 Å². The second-order valence-electron chi connectivity index (χ2n) is 5.01. The largest absolute Gasteiger partial charge is 0.496 e. The van der Waals surface area contributed by atoms with E-state index < -0.39 is 0 Å². The quantitative estimate of drug-likeness (QED) is 0.774. The standard InChI is InChI=1S/C17H20ClNO2/c1-4-12(2)19-15(10-9-13(11-18)17(19)20)14-7-5-6-8-16(14)21-3/h5-10,12H,4,11H2,1-3H3. The van der Waals surface area contributed by atoms with Crippen LogP contribution in [0.5, 0.6) is 5.75 Å². The van der Waals surface area contributed by atoms with Crippen molar-refractivity contribution in [2.75, 3.05) is 7.11 Å². The van der Waals surface area contributed by atoms with Crippen molar-refractivity contribution in [3.8, 4) is 17.0 Å².